The minimum absolute atomic E-state index is 0.111. The Morgan fingerprint density at radius 1 is 1.58 bits per heavy atom. The number of carbonyl (C=O) groups is 1. The smallest absolute Gasteiger partial charge is 0.407 e. The fraction of sp³-hybridized carbons (Fsp3) is 0.412. The molecule has 1 saturated heterocycles. The maximum absolute atomic E-state index is 14.5. The van der Waals surface area contributed by atoms with Crippen LogP contribution in [-0.2, 0) is 6.61 Å². The summed E-state index contributed by atoms with van der Waals surface area (Å²) in [6.45, 7) is 1.89. The number of pyridine rings is 1. The van der Waals surface area contributed by atoms with Gasteiger partial charge in [0, 0.05) is 18.3 Å². The standard InChI is InChI=1S/C17H18FN5O3/c1-11-16(3-2-5-20-11)26-10-12-8-21-23(15(12)7-19)14-4-6-22(17(24)25)9-13(14)18/h2-3,5,8,13-14H,4,6,9-10H2,1H3,(H,24,25)/t13-,14-/m0/s1. The van der Waals surface area contributed by atoms with Crippen molar-refractivity contribution in [2.24, 2.45) is 0 Å². The molecule has 0 unspecified atom stereocenters. The van der Waals surface area contributed by atoms with E-state index in [1.165, 1.54) is 10.9 Å². The Morgan fingerprint density at radius 2 is 2.38 bits per heavy atom. The number of halogens is 1. The molecule has 0 aliphatic carbocycles. The van der Waals surface area contributed by atoms with E-state index in [9.17, 15) is 14.4 Å². The molecule has 0 aromatic carbocycles. The summed E-state index contributed by atoms with van der Waals surface area (Å²) in [5.74, 6) is 0.599. The number of aromatic nitrogens is 3. The summed E-state index contributed by atoms with van der Waals surface area (Å²) >= 11 is 0. The van der Waals surface area contributed by atoms with Crippen LogP contribution in [0, 0.1) is 18.3 Å². The zero-order valence-corrected chi connectivity index (χ0v) is 14.2. The normalized spacial score (nSPS) is 19.8. The van der Waals surface area contributed by atoms with Crippen LogP contribution in [0.4, 0.5) is 9.18 Å². The molecule has 1 amide bonds. The molecule has 136 valence electrons. The van der Waals surface area contributed by atoms with Gasteiger partial charge in [-0.1, -0.05) is 0 Å². The van der Waals surface area contributed by atoms with Crippen molar-refractivity contribution in [2.45, 2.75) is 32.2 Å². The number of nitriles is 1. The van der Waals surface area contributed by atoms with Gasteiger partial charge in [-0.15, -0.1) is 0 Å². The summed E-state index contributed by atoms with van der Waals surface area (Å²) in [6, 6.07) is 4.91. The van der Waals surface area contributed by atoms with Gasteiger partial charge in [0.25, 0.3) is 0 Å². The van der Waals surface area contributed by atoms with Crippen molar-refractivity contribution < 1.29 is 19.0 Å². The van der Waals surface area contributed by atoms with Gasteiger partial charge in [-0.3, -0.25) is 4.98 Å². The average molecular weight is 359 g/mol. The van der Waals surface area contributed by atoms with Crippen LogP contribution in [-0.4, -0.2) is 50.1 Å². The lowest BCUT2D eigenvalue weighted by molar-refractivity contribution is 0.0751. The molecule has 1 aliphatic heterocycles. The number of hydrogen-bond donors (Lipinski definition) is 1. The Morgan fingerprint density at radius 3 is 3.04 bits per heavy atom. The van der Waals surface area contributed by atoms with Crippen molar-refractivity contribution in [3.05, 3.63) is 41.5 Å². The van der Waals surface area contributed by atoms with Gasteiger partial charge in [-0.25, -0.2) is 13.9 Å². The van der Waals surface area contributed by atoms with Gasteiger partial charge >= 0.3 is 6.09 Å². The van der Waals surface area contributed by atoms with Crippen molar-refractivity contribution >= 4 is 6.09 Å². The van der Waals surface area contributed by atoms with E-state index >= 15 is 0 Å². The minimum Gasteiger partial charge on any atom is -0.487 e. The molecule has 2 aromatic heterocycles. The Balaban J connectivity index is 1.75. The number of aryl methyl sites for hydroxylation is 1. The second kappa shape index (κ2) is 7.39. The van der Waals surface area contributed by atoms with Crippen LogP contribution < -0.4 is 4.74 Å². The number of amides is 1. The van der Waals surface area contributed by atoms with Crippen LogP contribution in [0.3, 0.4) is 0 Å². The van der Waals surface area contributed by atoms with Crippen molar-refractivity contribution in [2.75, 3.05) is 13.1 Å². The third-order valence-corrected chi connectivity index (χ3v) is 4.41. The van der Waals surface area contributed by atoms with E-state index in [4.69, 9.17) is 9.84 Å². The molecular weight excluding hydrogens is 341 g/mol. The van der Waals surface area contributed by atoms with E-state index in [2.05, 4.69) is 16.2 Å². The molecule has 2 aromatic rings. The zero-order valence-electron chi connectivity index (χ0n) is 14.2. The topological polar surface area (TPSA) is 104 Å². The summed E-state index contributed by atoms with van der Waals surface area (Å²) in [7, 11) is 0. The minimum atomic E-state index is -1.43. The molecule has 0 bridgehead atoms. The number of likely N-dealkylation sites (tertiary alicyclic amines) is 1. The molecule has 3 rings (SSSR count). The largest absolute Gasteiger partial charge is 0.487 e. The number of alkyl halides is 1. The third kappa shape index (κ3) is 3.44. The van der Waals surface area contributed by atoms with Gasteiger partial charge in [0.1, 0.15) is 30.3 Å². The highest BCUT2D eigenvalue weighted by Crippen LogP contribution is 2.28. The maximum atomic E-state index is 14.5. The first-order chi connectivity index (χ1) is 12.5. The molecule has 8 nitrogen and oxygen atoms in total. The van der Waals surface area contributed by atoms with E-state index in [1.54, 1.807) is 18.3 Å². The average Bonchev–Trinajstić information content (AvgIpc) is 3.03. The molecule has 2 atom stereocenters. The Hall–Kier alpha value is -3.15. The molecule has 3 heterocycles. The quantitative estimate of drug-likeness (QED) is 0.898. The molecule has 0 spiro atoms. The highest BCUT2D eigenvalue weighted by atomic mass is 19.1. The summed E-state index contributed by atoms with van der Waals surface area (Å²) < 4.78 is 21.5. The fourth-order valence-electron chi connectivity index (χ4n) is 3.00. The lowest BCUT2D eigenvalue weighted by Gasteiger charge is -2.33. The van der Waals surface area contributed by atoms with Gasteiger partial charge < -0.3 is 14.7 Å². The second-order valence-electron chi connectivity index (χ2n) is 6.05. The lowest BCUT2D eigenvalue weighted by atomic mass is 10.0. The van der Waals surface area contributed by atoms with Crippen LogP contribution in [0.15, 0.2) is 24.5 Å². The van der Waals surface area contributed by atoms with Gasteiger partial charge in [0.05, 0.1) is 24.5 Å². The van der Waals surface area contributed by atoms with E-state index < -0.39 is 18.3 Å². The van der Waals surface area contributed by atoms with Crippen molar-refractivity contribution in [1.29, 1.82) is 5.26 Å². The van der Waals surface area contributed by atoms with Gasteiger partial charge in [-0.05, 0) is 25.5 Å². The molecule has 0 saturated carbocycles. The number of ether oxygens (including phenoxy) is 1. The molecule has 1 aliphatic rings. The van der Waals surface area contributed by atoms with Crippen LogP contribution in [0.2, 0.25) is 0 Å². The summed E-state index contributed by atoms with van der Waals surface area (Å²) in [6.07, 6.45) is 0.826. The van der Waals surface area contributed by atoms with Crippen LogP contribution in [0.1, 0.15) is 29.4 Å². The molecule has 9 heteroatoms. The lowest BCUT2D eigenvalue weighted by Crippen LogP contribution is -2.45. The van der Waals surface area contributed by atoms with Crippen LogP contribution in [0.25, 0.3) is 0 Å². The maximum Gasteiger partial charge on any atom is 0.407 e. The number of hydrogen-bond acceptors (Lipinski definition) is 5. The molecule has 0 radical (unpaired) electrons. The predicted molar refractivity (Wildman–Crippen MR) is 88.4 cm³/mol. The monoisotopic (exact) mass is 359 g/mol. The first-order valence-electron chi connectivity index (χ1n) is 8.14. The first kappa shape index (κ1) is 17.7. The van der Waals surface area contributed by atoms with Crippen LogP contribution >= 0.6 is 0 Å². The highest BCUT2D eigenvalue weighted by molar-refractivity contribution is 5.65. The van der Waals surface area contributed by atoms with Crippen molar-refractivity contribution in [1.82, 2.24) is 19.7 Å². The number of piperidine rings is 1. The Kier molecular flexibility index (Phi) is 5.02. The van der Waals surface area contributed by atoms with E-state index in [-0.39, 0.29) is 31.8 Å². The SMILES string of the molecule is Cc1ncccc1OCc1cnn([C@H]2CCN(C(=O)O)C[C@@H]2F)c1C#N. The van der Waals surface area contributed by atoms with Crippen molar-refractivity contribution in [3.8, 4) is 11.8 Å². The highest BCUT2D eigenvalue weighted by Gasteiger charge is 2.34. The van der Waals surface area contributed by atoms with E-state index in [0.29, 0.717) is 11.3 Å². The number of carboxylic acid groups (broad SMARTS) is 1. The zero-order chi connectivity index (χ0) is 18.7. The first-order valence-corrected chi connectivity index (χ1v) is 8.14. The fourth-order valence-corrected chi connectivity index (χ4v) is 3.00. The Bertz CT molecular complexity index is 847. The van der Waals surface area contributed by atoms with Gasteiger partial charge in [0.2, 0.25) is 0 Å². The Labute approximate surface area is 149 Å². The summed E-state index contributed by atoms with van der Waals surface area (Å²) in [5.41, 5.74) is 1.50. The molecule has 1 N–H and O–H groups in total. The van der Waals surface area contributed by atoms with E-state index in [1.807, 2.05) is 6.92 Å². The number of nitrogens with zero attached hydrogens (tertiary/aromatic N) is 5. The molecule has 1 fully saturated rings. The van der Waals surface area contributed by atoms with Gasteiger partial charge in [0.15, 0.2) is 0 Å². The van der Waals surface area contributed by atoms with Gasteiger partial charge in [-0.2, -0.15) is 10.4 Å². The number of rotatable bonds is 4. The second-order valence-corrected chi connectivity index (χ2v) is 6.05. The third-order valence-electron chi connectivity index (χ3n) is 4.41. The molecular formula is C17H18FN5O3. The van der Waals surface area contributed by atoms with E-state index in [0.717, 1.165) is 10.6 Å². The summed E-state index contributed by atoms with van der Waals surface area (Å²) in [5, 5.41) is 22.6. The molecule has 26 heavy (non-hydrogen) atoms. The summed E-state index contributed by atoms with van der Waals surface area (Å²) in [4.78, 5) is 16.1. The predicted octanol–water partition coefficient (Wildman–Crippen LogP) is 2.30. The van der Waals surface area contributed by atoms with Crippen molar-refractivity contribution in [3.63, 3.8) is 0 Å². The van der Waals surface area contributed by atoms with Crippen LogP contribution in [0.5, 0.6) is 5.75 Å².